The molecule has 5 heteroatoms. The van der Waals surface area contributed by atoms with Crippen molar-refractivity contribution in [2.75, 3.05) is 0 Å². The molecule has 0 amide bonds. The van der Waals surface area contributed by atoms with Gasteiger partial charge in [-0.3, -0.25) is 0 Å². The van der Waals surface area contributed by atoms with E-state index in [1.54, 1.807) is 0 Å². The molecular formula is C55H34N4S. The van der Waals surface area contributed by atoms with Crippen molar-refractivity contribution in [1.82, 2.24) is 19.5 Å². The summed E-state index contributed by atoms with van der Waals surface area (Å²) in [6.45, 7) is 0. The molecule has 0 aliphatic carbocycles. The summed E-state index contributed by atoms with van der Waals surface area (Å²) in [5, 5.41) is 7.39. The van der Waals surface area contributed by atoms with E-state index in [-0.39, 0.29) is 0 Å². The third-order valence-electron chi connectivity index (χ3n) is 11.7. The van der Waals surface area contributed by atoms with E-state index in [2.05, 4.69) is 193 Å². The number of benzene rings is 9. The van der Waals surface area contributed by atoms with Gasteiger partial charge in [-0.25, -0.2) is 15.0 Å². The van der Waals surface area contributed by atoms with Gasteiger partial charge in [0.1, 0.15) is 0 Å². The fourth-order valence-electron chi connectivity index (χ4n) is 8.76. The minimum Gasteiger partial charge on any atom is -0.308 e. The Bertz CT molecular complexity index is 3590. The van der Waals surface area contributed by atoms with Crippen LogP contribution in [0.4, 0.5) is 0 Å². The molecule has 0 radical (unpaired) electrons. The minimum atomic E-state index is 0.610. The van der Waals surface area contributed by atoms with Gasteiger partial charge in [0, 0.05) is 53.0 Å². The number of aromatic nitrogens is 4. The van der Waals surface area contributed by atoms with Crippen LogP contribution < -0.4 is 0 Å². The van der Waals surface area contributed by atoms with Gasteiger partial charge in [0.05, 0.1) is 16.7 Å². The summed E-state index contributed by atoms with van der Waals surface area (Å²) in [5.41, 5.74) is 10.6. The quantitative estimate of drug-likeness (QED) is 0.169. The molecule has 0 unspecified atom stereocenters. The lowest BCUT2D eigenvalue weighted by molar-refractivity contribution is 1.06. The van der Waals surface area contributed by atoms with Gasteiger partial charge < -0.3 is 4.57 Å². The Kier molecular flexibility index (Phi) is 8.00. The van der Waals surface area contributed by atoms with Crippen LogP contribution in [0.5, 0.6) is 0 Å². The van der Waals surface area contributed by atoms with E-state index in [0.717, 1.165) is 50.1 Å². The Morgan fingerprint density at radius 1 is 0.333 bits per heavy atom. The van der Waals surface area contributed by atoms with Crippen LogP contribution in [0.2, 0.25) is 0 Å². The highest BCUT2D eigenvalue weighted by Gasteiger charge is 2.21. The van der Waals surface area contributed by atoms with Gasteiger partial charge in [-0.2, -0.15) is 0 Å². The van der Waals surface area contributed by atoms with E-state index < -0.39 is 0 Å². The first-order valence-corrected chi connectivity index (χ1v) is 21.0. The first-order chi connectivity index (χ1) is 29.7. The summed E-state index contributed by atoms with van der Waals surface area (Å²) in [7, 11) is 0. The molecule has 4 nitrogen and oxygen atoms in total. The number of nitrogens with zero attached hydrogens (tertiary/aromatic N) is 4. The Labute approximate surface area is 350 Å². The van der Waals surface area contributed by atoms with E-state index in [9.17, 15) is 0 Å². The lowest BCUT2D eigenvalue weighted by Gasteiger charge is -2.17. The molecule has 280 valence electrons. The van der Waals surface area contributed by atoms with Crippen LogP contribution in [-0.4, -0.2) is 19.5 Å². The van der Waals surface area contributed by atoms with E-state index in [1.807, 2.05) is 29.5 Å². The van der Waals surface area contributed by atoms with Crippen molar-refractivity contribution >= 4 is 64.1 Å². The molecule has 12 rings (SSSR count). The summed E-state index contributed by atoms with van der Waals surface area (Å²) in [6.07, 6.45) is 0. The summed E-state index contributed by atoms with van der Waals surface area (Å²) in [5.74, 6) is 1.86. The van der Waals surface area contributed by atoms with E-state index in [4.69, 9.17) is 15.0 Å². The molecule has 0 atom stereocenters. The van der Waals surface area contributed by atoms with Crippen molar-refractivity contribution in [2.45, 2.75) is 0 Å². The van der Waals surface area contributed by atoms with Crippen LogP contribution in [0.15, 0.2) is 206 Å². The normalized spacial score (nSPS) is 11.7. The van der Waals surface area contributed by atoms with Gasteiger partial charge >= 0.3 is 0 Å². The van der Waals surface area contributed by atoms with Crippen LogP contribution in [-0.2, 0) is 0 Å². The van der Waals surface area contributed by atoms with E-state index in [1.165, 1.54) is 47.3 Å². The largest absolute Gasteiger partial charge is 0.308 e. The Morgan fingerprint density at radius 3 is 1.67 bits per heavy atom. The molecule has 0 aliphatic rings. The molecule has 0 bridgehead atoms. The standard InChI is InChI=1S/C55H34N4S/c1-3-13-35(14-4-1)40-29-32-47(49(33-40)59-48-21-11-9-19-43(48)46-31-27-37-15-7-8-18-42(37)52(46)59)55-57-53(38-16-5-2-6-17-38)56-54(58-55)39-25-23-36(24-26-39)41-28-30-45-44-20-10-12-22-50(44)60-51(45)34-41/h1-34H. The van der Waals surface area contributed by atoms with Crippen LogP contribution in [0.25, 0.3) is 115 Å². The first kappa shape index (κ1) is 34.3. The minimum absolute atomic E-state index is 0.610. The third-order valence-corrected chi connectivity index (χ3v) is 12.8. The smallest absolute Gasteiger partial charge is 0.166 e. The van der Waals surface area contributed by atoms with E-state index in [0.29, 0.717) is 17.5 Å². The monoisotopic (exact) mass is 782 g/mol. The maximum Gasteiger partial charge on any atom is 0.166 e. The number of rotatable bonds is 6. The Hall–Kier alpha value is -7.73. The van der Waals surface area contributed by atoms with Gasteiger partial charge in [0.15, 0.2) is 17.5 Å². The van der Waals surface area contributed by atoms with Crippen LogP contribution in [0, 0.1) is 0 Å². The molecule has 0 saturated carbocycles. The second-order valence-electron chi connectivity index (χ2n) is 15.2. The van der Waals surface area contributed by atoms with Crippen molar-refractivity contribution in [3.05, 3.63) is 206 Å². The maximum absolute atomic E-state index is 5.33. The number of hydrogen-bond acceptors (Lipinski definition) is 4. The summed E-state index contributed by atoms with van der Waals surface area (Å²) in [6, 6.07) is 73.4. The molecule has 0 N–H and O–H groups in total. The fourth-order valence-corrected chi connectivity index (χ4v) is 9.90. The molecule has 9 aromatic carbocycles. The molecule has 60 heavy (non-hydrogen) atoms. The summed E-state index contributed by atoms with van der Waals surface area (Å²) in [4.78, 5) is 15.7. The molecule has 0 saturated heterocycles. The lowest BCUT2D eigenvalue weighted by atomic mass is 10.0. The van der Waals surface area contributed by atoms with Gasteiger partial charge in [-0.15, -0.1) is 11.3 Å². The second-order valence-corrected chi connectivity index (χ2v) is 16.3. The highest BCUT2D eigenvalue weighted by atomic mass is 32.1. The third kappa shape index (κ3) is 5.70. The number of thiophene rings is 1. The molecule has 0 fully saturated rings. The molecule has 12 aromatic rings. The number of para-hydroxylation sites is 1. The predicted molar refractivity (Wildman–Crippen MR) is 252 cm³/mol. The zero-order valence-corrected chi connectivity index (χ0v) is 33.1. The van der Waals surface area contributed by atoms with Crippen molar-refractivity contribution in [3.8, 4) is 62.1 Å². The zero-order chi connectivity index (χ0) is 39.6. The molecule has 3 aromatic heterocycles. The van der Waals surface area contributed by atoms with Crippen LogP contribution >= 0.6 is 11.3 Å². The van der Waals surface area contributed by atoms with Gasteiger partial charge in [0.2, 0.25) is 0 Å². The second kappa shape index (κ2) is 14.0. The molecule has 0 aliphatic heterocycles. The van der Waals surface area contributed by atoms with Crippen molar-refractivity contribution < 1.29 is 0 Å². The first-order valence-electron chi connectivity index (χ1n) is 20.2. The average molecular weight is 783 g/mol. The predicted octanol–water partition coefficient (Wildman–Crippen LogP) is 14.8. The lowest BCUT2D eigenvalue weighted by Crippen LogP contribution is -2.04. The SMILES string of the molecule is c1ccc(-c2ccc(-c3nc(-c4ccccc4)nc(-c4ccc(-c5ccc6c(c5)sc5ccccc56)cc4)n3)c(-n3c4ccccc4c4ccc5ccccc5c43)c2)cc1. The van der Waals surface area contributed by atoms with Gasteiger partial charge in [0.25, 0.3) is 0 Å². The van der Waals surface area contributed by atoms with Gasteiger partial charge in [-0.05, 0) is 58.0 Å². The highest BCUT2D eigenvalue weighted by molar-refractivity contribution is 7.25. The highest BCUT2D eigenvalue weighted by Crippen LogP contribution is 2.41. The average Bonchev–Trinajstić information content (AvgIpc) is 3.87. The zero-order valence-electron chi connectivity index (χ0n) is 32.3. The summed E-state index contributed by atoms with van der Waals surface area (Å²) >= 11 is 1.84. The van der Waals surface area contributed by atoms with Crippen LogP contribution in [0.3, 0.4) is 0 Å². The van der Waals surface area contributed by atoms with Crippen molar-refractivity contribution in [3.63, 3.8) is 0 Å². The van der Waals surface area contributed by atoms with Crippen LogP contribution in [0.1, 0.15) is 0 Å². The number of hydrogen-bond donors (Lipinski definition) is 0. The summed E-state index contributed by atoms with van der Waals surface area (Å²) < 4.78 is 5.02. The van der Waals surface area contributed by atoms with Crippen molar-refractivity contribution in [2.24, 2.45) is 0 Å². The molecule has 3 heterocycles. The van der Waals surface area contributed by atoms with Gasteiger partial charge in [-0.1, -0.05) is 176 Å². The fraction of sp³-hybridized carbons (Fsp3) is 0. The molecule has 0 spiro atoms. The topological polar surface area (TPSA) is 43.6 Å². The Morgan fingerprint density at radius 2 is 0.867 bits per heavy atom. The molecular weight excluding hydrogens is 749 g/mol. The van der Waals surface area contributed by atoms with E-state index >= 15 is 0 Å². The maximum atomic E-state index is 5.33. The Balaban J connectivity index is 1.07. The van der Waals surface area contributed by atoms with Crippen molar-refractivity contribution in [1.29, 1.82) is 0 Å². The number of fused-ring (bicyclic) bond motifs is 8.